The highest BCUT2D eigenvalue weighted by molar-refractivity contribution is 7.92. The number of aryl methyl sites for hydroxylation is 1. The molecular weight excluding hydrogens is 657 g/mol. The molecule has 0 fully saturated rings. The molecule has 0 aliphatic rings. The van der Waals surface area contributed by atoms with Gasteiger partial charge >= 0.3 is 12.1 Å². The third-order valence-electron chi connectivity index (χ3n) is 5.44. The van der Waals surface area contributed by atoms with Gasteiger partial charge in [-0.05, 0) is 24.3 Å². The van der Waals surface area contributed by atoms with Crippen molar-refractivity contribution in [2.45, 2.75) is 11.1 Å². The number of pyridine rings is 1. The lowest BCUT2D eigenvalue weighted by Crippen LogP contribution is -2.21. The van der Waals surface area contributed by atoms with E-state index >= 15 is 0 Å². The average Bonchev–Trinajstić information content (AvgIpc) is 3.62. The molecule has 0 atom stereocenters. The number of carboxylic acids is 1. The summed E-state index contributed by atoms with van der Waals surface area (Å²) in [5.41, 5.74) is 3.17. The van der Waals surface area contributed by atoms with Crippen molar-refractivity contribution in [1.29, 1.82) is 0 Å². The van der Waals surface area contributed by atoms with Crippen LogP contribution in [0.4, 0.5) is 27.8 Å². The second-order valence-corrected chi connectivity index (χ2v) is 11.3. The highest BCUT2D eigenvalue weighted by atomic mass is 35.5. The molecule has 2 N–H and O–H groups in total. The number of thiazole rings is 1. The maximum absolute atomic E-state index is 15.0. The minimum atomic E-state index is -5.08. The van der Waals surface area contributed by atoms with Gasteiger partial charge in [-0.2, -0.15) is 18.3 Å². The second kappa shape index (κ2) is 12.9. The molecule has 0 saturated carbocycles. The van der Waals surface area contributed by atoms with Crippen LogP contribution in [0.2, 0.25) is 5.02 Å². The number of anilines is 1. The number of sulfonamides is 1. The molecule has 44 heavy (non-hydrogen) atoms. The topological polar surface area (TPSA) is 136 Å². The van der Waals surface area contributed by atoms with E-state index in [-0.39, 0.29) is 27.9 Å². The molecular formula is C26H17ClF5N5O5S2. The molecule has 10 nitrogen and oxygen atoms in total. The molecule has 2 aromatic carbocycles. The maximum atomic E-state index is 15.0. The Labute approximate surface area is 254 Å². The van der Waals surface area contributed by atoms with E-state index < -0.39 is 38.7 Å². The number of hydrogen-bond acceptors (Lipinski definition) is 8. The standard InChI is InChI=1S/C24H16ClF2N5O3S2.C2HF3O2/c1-32-11-14(9-30-32)16-6-20(15-4-2-3-5-18(15)26)28-10-22(16)35-21-8-19(27)23(7-17(21)25)37(33,34)31-24-12-36-13-29-24;3-2(4,5)1(6)7/h2-13,31H,1H3;(H,6,7). The lowest BCUT2D eigenvalue weighted by atomic mass is 10.0. The molecule has 0 radical (unpaired) electrons. The zero-order valence-electron chi connectivity index (χ0n) is 21.9. The van der Waals surface area contributed by atoms with Gasteiger partial charge in [-0.1, -0.05) is 23.7 Å². The predicted octanol–water partition coefficient (Wildman–Crippen LogP) is 6.76. The summed E-state index contributed by atoms with van der Waals surface area (Å²) in [4.78, 5) is 16.4. The molecule has 0 amide bonds. The number of aliphatic carboxylic acids is 1. The van der Waals surface area contributed by atoms with Crippen LogP contribution < -0.4 is 9.46 Å². The molecule has 3 aromatic heterocycles. The van der Waals surface area contributed by atoms with E-state index in [1.807, 2.05) is 0 Å². The van der Waals surface area contributed by atoms with Crippen LogP contribution in [-0.2, 0) is 21.9 Å². The molecule has 0 saturated heterocycles. The Hall–Kier alpha value is -4.61. The molecule has 0 spiro atoms. The first-order valence-corrected chi connectivity index (χ1v) is 14.6. The Kier molecular flexibility index (Phi) is 9.50. The number of nitrogens with zero attached hydrogens (tertiary/aromatic N) is 4. The third-order valence-corrected chi connectivity index (χ3v) is 7.69. The summed E-state index contributed by atoms with van der Waals surface area (Å²) in [7, 11) is -2.56. The molecule has 3 heterocycles. The largest absolute Gasteiger partial charge is 0.490 e. The van der Waals surface area contributed by atoms with E-state index in [4.69, 9.17) is 26.2 Å². The van der Waals surface area contributed by atoms with E-state index in [2.05, 4.69) is 19.8 Å². The van der Waals surface area contributed by atoms with Crippen LogP contribution in [-0.4, -0.2) is 45.4 Å². The molecule has 0 unspecified atom stereocenters. The van der Waals surface area contributed by atoms with Crippen LogP contribution >= 0.6 is 22.9 Å². The second-order valence-electron chi connectivity index (χ2n) is 8.55. The van der Waals surface area contributed by atoms with Gasteiger partial charge in [-0.3, -0.25) is 14.4 Å². The van der Waals surface area contributed by atoms with Crippen LogP contribution in [0, 0.1) is 11.6 Å². The summed E-state index contributed by atoms with van der Waals surface area (Å²) in [6, 6.07) is 9.62. The fraction of sp³-hybridized carbons (Fsp3) is 0.0769. The summed E-state index contributed by atoms with van der Waals surface area (Å²) < 4.78 is 96.1. The Balaban J connectivity index is 0.000000566. The quantitative estimate of drug-likeness (QED) is 0.181. The number of aromatic nitrogens is 4. The van der Waals surface area contributed by atoms with Crippen molar-refractivity contribution in [2.75, 3.05) is 4.72 Å². The molecule has 5 aromatic rings. The molecule has 0 aliphatic heterocycles. The number of alkyl halides is 3. The maximum Gasteiger partial charge on any atom is 0.490 e. The predicted molar refractivity (Wildman–Crippen MR) is 150 cm³/mol. The Bertz CT molecular complexity index is 1920. The van der Waals surface area contributed by atoms with Crippen molar-refractivity contribution >= 4 is 44.7 Å². The van der Waals surface area contributed by atoms with E-state index in [0.29, 0.717) is 16.8 Å². The van der Waals surface area contributed by atoms with Gasteiger partial charge in [0.15, 0.2) is 11.6 Å². The van der Waals surface area contributed by atoms with Crippen LogP contribution in [0.5, 0.6) is 11.5 Å². The fourth-order valence-electron chi connectivity index (χ4n) is 3.49. The molecule has 0 bridgehead atoms. The molecule has 18 heteroatoms. The van der Waals surface area contributed by atoms with E-state index in [0.717, 1.165) is 12.1 Å². The zero-order valence-corrected chi connectivity index (χ0v) is 24.3. The number of rotatable bonds is 7. The summed E-state index contributed by atoms with van der Waals surface area (Å²) in [5, 5.41) is 12.6. The lowest BCUT2D eigenvalue weighted by molar-refractivity contribution is -0.192. The lowest BCUT2D eigenvalue weighted by Gasteiger charge is -2.14. The highest BCUT2D eigenvalue weighted by Gasteiger charge is 2.38. The van der Waals surface area contributed by atoms with Gasteiger partial charge in [-0.25, -0.2) is 27.0 Å². The van der Waals surface area contributed by atoms with Gasteiger partial charge < -0.3 is 9.84 Å². The van der Waals surface area contributed by atoms with Crippen molar-refractivity contribution in [3.8, 4) is 33.9 Å². The number of halogens is 6. The van der Waals surface area contributed by atoms with Crippen LogP contribution in [0.25, 0.3) is 22.4 Å². The third kappa shape index (κ3) is 7.66. The van der Waals surface area contributed by atoms with Crippen molar-refractivity contribution in [3.05, 3.63) is 88.6 Å². The SMILES string of the molecule is Cn1cc(-c2cc(-c3ccccc3F)ncc2Oc2cc(F)c(S(=O)(=O)Nc3cscn3)cc2Cl)cn1.O=C(O)C(F)(F)F. The number of nitrogens with one attached hydrogen (secondary N) is 1. The first-order valence-electron chi connectivity index (χ1n) is 11.8. The normalized spacial score (nSPS) is 11.4. The van der Waals surface area contributed by atoms with E-state index in [1.54, 1.807) is 48.4 Å². The van der Waals surface area contributed by atoms with Crippen LogP contribution in [0.3, 0.4) is 0 Å². The van der Waals surface area contributed by atoms with Gasteiger partial charge in [0.2, 0.25) is 0 Å². The summed E-state index contributed by atoms with van der Waals surface area (Å²) in [6.45, 7) is 0. The van der Waals surface area contributed by atoms with E-state index in [1.165, 1.54) is 34.5 Å². The minimum Gasteiger partial charge on any atom is -0.475 e. The fourth-order valence-corrected chi connectivity index (χ4v) is 5.41. The zero-order chi connectivity index (χ0) is 32.2. The summed E-state index contributed by atoms with van der Waals surface area (Å²) in [5.74, 6) is -4.20. The van der Waals surface area contributed by atoms with Gasteiger partial charge in [-0.15, -0.1) is 11.3 Å². The Morgan fingerprint density at radius 1 is 1.05 bits per heavy atom. The van der Waals surface area contributed by atoms with Gasteiger partial charge in [0.25, 0.3) is 10.0 Å². The number of carboxylic acid groups (broad SMARTS) is 1. The number of benzene rings is 2. The monoisotopic (exact) mass is 673 g/mol. The van der Waals surface area contributed by atoms with Gasteiger partial charge in [0.1, 0.15) is 22.3 Å². The summed E-state index contributed by atoms with van der Waals surface area (Å²) >= 11 is 7.48. The highest BCUT2D eigenvalue weighted by Crippen LogP contribution is 2.39. The van der Waals surface area contributed by atoms with Crippen molar-refractivity contribution < 1.29 is 45.0 Å². The number of hydrogen-bond donors (Lipinski definition) is 2. The first-order chi connectivity index (χ1) is 20.7. The molecule has 5 rings (SSSR count). The van der Waals surface area contributed by atoms with Gasteiger partial charge in [0, 0.05) is 41.4 Å². The number of ether oxygens (including phenoxy) is 1. The average molecular weight is 674 g/mol. The van der Waals surface area contributed by atoms with Crippen LogP contribution in [0.1, 0.15) is 0 Å². The van der Waals surface area contributed by atoms with Crippen LogP contribution in [0.15, 0.2) is 76.8 Å². The Morgan fingerprint density at radius 2 is 1.75 bits per heavy atom. The van der Waals surface area contributed by atoms with Crippen molar-refractivity contribution in [2.24, 2.45) is 7.05 Å². The first kappa shape index (κ1) is 32.3. The number of carbonyl (C=O) groups is 1. The van der Waals surface area contributed by atoms with Crippen molar-refractivity contribution in [3.63, 3.8) is 0 Å². The molecule has 230 valence electrons. The summed E-state index contributed by atoms with van der Waals surface area (Å²) in [6.07, 6.45) is -0.433. The minimum absolute atomic E-state index is 0.0583. The van der Waals surface area contributed by atoms with Gasteiger partial charge in [0.05, 0.1) is 28.6 Å². The van der Waals surface area contributed by atoms with Crippen molar-refractivity contribution in [1.82, 2.24) is 19.7 Å². The molecule has 0 aliphatic carbocycles. The van der Waals surface area contributed by atoms with E-state index in [9.17, 15) is 30.4 Å². The Morgan fingerprint density at radius 3 is 2.34 bits per heavy atom. The smallest absolute Gasteiger partial charge is 0.475 e.